The number of hydrogen-bond donors (Lipinski definition) is 8. The number of carbonyl (C=O) groups excluding carboxylic acids is 4. The molecule has 0 radical (unpaired) electrons. The number of ketones is 2. The fourth-order valence-corrected chi connectivity index (χ4v) is 6.73. The van der Waals surface area contributed by atoms with E-state index in [9.17, 15) is 44.7 Å². The van der Waals surface area contributed by atoms with E-state index in [1.54, 1.807) is 13.8 Å². The van der Waals surface area contributed by atoms with Crippen LogP contribution in [0.2, 0.25) is 0 Å². The van der Waals surface area contributed by atoms with Crippen molar-refractivity contribution in [1.29, 1.82) is 0 Å². The molecule has 1 aromatic rings. The van der Waals surface area contributed by atoms with E-state index in [0.29, 0.717) is 18.5 Å². The number of phenols is 1. The van der Waals surface area contributed by atoms with Crippen LogP contribution in [-0.4, -0.2) is 97.7 Å². The normalized spacial score (nSPS) is 30.5. The van der Waals surface area contributed by atoms with Crippen molar-refractivity contribution in [2.24, 2.45) is 17.6 Å². The van der Waals surface area contributed by atoms with E-state index < -0.39 is 92.8 Å². The van der Waals surface area contributed by atoms with E-state index in [4.69, 9.17) is 5.73 Å². The zero-order valence-electron chi connectivity index (χ0n) is 24.3. The van der Waals surface area contributed by atoms with Crippen LogP contribution in [0.4, 0.5) is 5.69 Å². The minimum absolute atomic E-state index is 0.0517. The third kappa shape index (κ3) is 4.14. The predicted octanol–water partition coefficient (Wildman–Crippen LogP) is 0.213. The van der Waals surface area contributed by atoms with Crippen molar-refractivity contribution in [2.45, 2.75) is 63.3 Å². The Kier molecular flexibility index (Phi) is 7.78. The molecule has 13 nitrogen and oxygen atoms in total. The Labute approximate surface area is 242 Å². The molecule has 42 heavy (non-hydrogen) atoms. The van der Waals surface area contributed by atoms with Crippen LogP contribution in [0, 0.1) is 11.8 Å². The number of nitrogens with two attached hydrogens (primary N) is 1. The molecule has 13 heteroatoms. The summed E-state index contributed by atoms with van der Waals surface area (Å²) in [5.74, 6) is -10.3. The first-order chi connectivity index (χ1) is 19.5. The first-order valence-corrected chi connectivity index (χ1v) is 13.8. The van der Waals surface area contributed by atoms with Crippen LogP contribution < -0.4 is 16.4 Å². The summed E-state index contributed by atoms with van der Waals surface area (Å²) in [6.07, 6.45) is -1.26. The maximum absolute atomic E-state index is 14.1. The highest BCUT2D eigenvalue weighted by Crippen LogP contribution is 2.56. The number of likely N-dealkylation sites (N-methyl/N-ethyl adjacent to an activating group) is 2. The summed E-state index contributed by atoms with van der Waals surface area (Å²) >= 11 is 0. The topological polar surface area (TPSA) is 223 Å². The highest BCUT2D eigenvalue weighted by molar-refractivity contribution is 6.24. The lowest BCUT2D eigenvalue weighted by molar-refractivity contribution is -0.169. The van der Waals surface area contributed by atoms with Crippen molar-refractivity contribution >= 4 is 34.8 Å². The van der Waals surface area contributed by atoms with Gasteiger partial charge in [0, 0.05) is 11.5 Å². The largest absolute Gasteiger partial charge is 0.508 e. The average molecular weight is 587 g/mol. The van der Waals surface area contributed by atoms with Crippen LogP contribution in [-0.2, 0) is 19.2 Å². The smallest absolute Gasteiger partial charge is 0.255 e. The number of amides is 2. The van der Waals surface area contributed by atoms with E-state index in [-0.39, 0.29) is 11.3 Å². The molecule has 1 saturated carbocycles. The molecule has 3 aliphatic rings. The number of primary amides is 1. The maximum Gasteiger partial charge on any atom is 0.255 e. The summed E-state index contributed by atoms with van der Waals surface area (Å²) in [7, 11) is 2.88. The number of aromatic hydroxyl groups is 1. The molecular formula is C29H38N4O9. The molecule has 228 valence electrons. The van der Waals surface area contributed by atoms with Crippen LogP contribution in [0.3, 0.4) is 0 Å². The van der Waals surface area contributed by atoms with E-state index in [1.807, 2.05) is 13.8 Å². The lowest BCUT2D eigenvalue weighted by Gasteiger charge is -2.53. The number of aliphatic hydroxyl groups excluding tert-OH is 3. The lowest BCUT2D eigenvalue weighted by Crippen LogP contribution is -2.70. The molecule has 0 heterocycles. The van der Waals surface area contributed by atoms with E-state index in [2.05, 4.69) is 10.6 Å². The fourth-order valence-electron chi connectivity index (χ4n) is 6.73. The summed E-state index contributed by atoms with van der Waals surface area (Å²) in [4.78, 5) is 53.9. The highest BCUT2D eigenvalue weighted by atomic mass is 16.4. The summed E-state index contributed by atoms with van der Waals surface area (Å²) in [5, 5.41) is 62.9. The molecule has 0 aliphatic heterocycles. The van der Waals surface area contributed by atoms with Gasteiger partial charge in [-0.1, -0.05) is 26.8 Å². The number of anilines is 1. The maximum atomic E-state index is 14.1. The highest BCUT2D eigenvalue weighted by Gasteiger charge is 2.68. The van der Waals surface area contributed by atoms with Gasteiger partial charge in [-0.3, -0.25) is 24.1 Å². The van der Waals surface area contributed by atoms with Crippen LogP contribution in [0.15, 0.2) is 29.0 Å². The number of nitrogens with one attached hydrogen (secondary N) is 2. The zero-order chi connectivity index (χ0) is 31.6. The Balaban J connectivity index is 1.93. The van der Waals surface area contributed by atoms with Crippen molar-refractivity contribution in [3.05, 3.63) is 40.2 Å². The summed E-state index contributed by atoms with van der Waals surface area (Å²) in [5.41, 5.74) is -0.0452. The van der Waals surface area contributed by atoms with Gasteiger partial charge in [-0.2, -0.15) is 0 Å². The third-order valence-corrected chi connectivity index (χ3v) is 9.15. The Morgan fingerprint density at radius 2 is 1.76 bits per heavy atom. The number of hydrogen-bond acceptors (Lipinski definition) is 11. The van der Waals surface area contributed by atoms with Gasteiger partial charge in [0.1, 0.15) is 22.8 Å². The Morgan fingerprint density at radius 3 is 2.29 bits per heavy atom. The van der Waals surface area contributed by atoms with Gasteiger partial charge in [0.15, 0.2) is 11.4 Å². The van der Waals surface area contributed by atoms with Crippen LogP contribution in [0.25, 0.3) is 5.76 Å². The Hall–Kier alpha value is -3.78. The number of phenolic OH excluding ortho intramolecular Hbond substituents is 1. The number of aliphatic hydroxyl groups is 4. The number of carbonyl (C=O) groups is 4. The van der Waals surface area contributed by atoms with E-state index >= 15 is 0 Å². The molecule has 5 unspecified atom stereocenters. The van der Waals surface area contributed by atoms with Crippen molar-refractivity contribution in [1.82, 2.24) is 10.2 Å². The average Bonchev–Trinajstić information content (AvgIpc) is 2.91. The first-order valence-electron chi connectivity index (χ1n) is 13.8. The molecule has 9 N–H and O–H groups in total. The van der Waals surface area contributed by atoms with Crippen molar-refractivity contribution in [3.63, 3.8) is 0 Å². The lowest BCUT2D eigenvalue weighted by atomic mass is 9.54. The van der Waals surface area contributed by atoms with E-state index in [1.165, 1.54) is 31.1 Å². The number of Topliss-reactive ketones (excluding diaryl/α,β-unsaturated/α-hetero) is 2. The van der Waals surface area contributed by atoms with Gasteiger partial charge in [-0.05, 0) is 51.5 Å². The second-order valence-corrected chi connectivity index (χ2v) is 11.6. The molecule has 7 atom stereocenters. The van der Waals surface area contributed by atoms with E-state index in [0.717, 1.165) is 0 Å². The van der Waals surface area contributed by atoms with Crippen LogP contribution in [0.5, 0.6) is 5.75 Å². The number of nitrogens with zero attached hydrogens (tertiary/aromatic N) is 1. The molecular weight excluding hydrogens is 548 g/mol. The van der Waals surface area contributed by atoms with Crippen LogP contribution in [0.1, 0.15) is 51.2 Å². The fraction of sp³-hybridized carbons (Fsp3) is 0.517. The van der Waals surface area contributed by atoms with Gasteiger partial charge in [-0.15, -0.1) is 0 Å². The minimum Gasteiger partial charge on any atom is -0.508 e. The second kappa shape index (κ2) is 10.5. The van der Waals surface area contributed by atoms with Gasteiger partial charge in [0.2, 0.25) is 11.7 Å². The summed E-state index contributed by atoms with van der Waals surface area (Å²) in [6.45, 7) is 7.50. The SMILES string of the molecule is CCNC(C)(CC)C(=O)Nc1ccc2c(c1O)C(O)=C1C(=O)[C@]3(O)C(O)=C(C(N)=O)C(=O)[C@@H](N(C)C)C3C(O)C1C2C. The minimum atomic E-state index is -3.00. The molecule has 0 spiro atoms. The van der Waals surface area contributed by atoms with Gasteiger partial charge in [0.05, 0.1) is 34.9 Å². The predicted molar refractivity (Wildman–Crippen MR) is 151 cm³/mol. The van der Waals surface area contributed by atoms with Gasteiger partial charge >= 0.3 is 0 Å². The molecule has 1 fully saturated rings. The summed E-state index contributed by atoms with van der Waals surface area (Å²) in [6, 6.07) is 1.55. The first kappa shape index (κ1) is 31.2. The standard InChI is InChI=1S/C29H38N4O9/c1-7-28(4,31-8-2)27(41)32-13-10-9-12-11(3)14-16(21(35)15(12)20(13)34)24(38)29(42)18(22(14)36)19(33(5)6)23(37)17(25(29)39)26(30)40/h9-11,14,18-19,22,31,34-36,39,42H,7-8H2,1-6H3,(H2,30,40)(H,32,41)/t11?,14?,18?,19-,22?,28?,29-/m0/s1. The zero-order valence-corrected chi connectivity index (χ0v) is 24.3. The molecule has 3 aliphatic carbocycles. The number of fused-ring (bicyclic) bond motifs is 3. The van der Waals surface area contributed by atoms with Crippen molar-refractivity contribution < 1.29 is 44.7 Å². The Bertz CT molecular complexity index is 1450. The van der Waals surface area contributed by atoms with Crippen molar-refractivity contribution in [2.75, 3.05) is 26.0 Å². The summed E-state index contributed by atoms with van der Waals surface area (Å²) < 4.78 is 0. The van der Waals surface area contributed by atoms with Crippen molar-refractivity contribution in [3.8, 4) is 5.75 Å². The molecule has 0 saturated heterocycles. The number of benzene rings is 1. The van der Waals surface area contributed by atoms with Gasteiger partial charge in [0.25, 0.3) is 5.91 Å². The molecule has 1 aromatic carbocycles. The van der Waals surface area contributed by atoms with Crippen LogP contribution >= 0.6 is 0 Å². The molecule has 2 amide bonds. The molecule has 0 aromatic heterocycles. The quantitative estimate of drug-likeness (QED) is 0.159. The van der Waals surface area contributed by atoms with Gasteiger partial charge < -0.3 is 41.9 Å². The number of rotatable bonds is 7. The third-order valence-electron chi connectivity index (χ3n) is 9.15. The van der Waals surface area contributed by atoms with Gasteiger partial charge in [-0.25, -0.2) is 0 Å². The Morgan fingerprint density at radius 1 is 1.14 bits per heavy atom. The molecule has 0 bridgehead atoms. The second-order valence-electron chi connectivity index (χ2n) is 11.6. The monoisotopic (exact) mass is 586 g/mol. The molecule has 4 rings (SSSR count).